The molecule has 0 radical (unpaired) electrons. The van der Waals surface area contributed by atoms with Gasteiger partial charge in [-0.15, -0.1) is 0 Å². The lowest BCUT2D eigenvalue weighted by Gasteiger charge is -2.10. The average Bonchev–Trinajstić information content (AvgIpc) is 3.02. The van der Waals surface area contributed by atoms with Crippen LogP contribution in [-0.2, 0) is 9.84 Å². The molecule has 1 heterocycles. The molecule has 3 aromatic rings. The van der Waals surface area contributed by atoms with Gasteiger partial charge in [0, 0.05) is 23.1 Å². The zero-order valence-corrected chi connectivity index (χ0v) is 13.8. The Morgan fingerprint density at radius 3 is 2.19 bits per heavy atom. The predicted molar refractivity (Wildman–Crippen MR) is 90.6 cm³/mol. The molecule has 2 amide bonds. The van der Waals surface area contributed by atoms with Gasteiger partial charge >= 0.3 is 11.5 Å². The third-order valence-corrected chi connectivity index (χ3v) is 5.04. The van der Waals surface area contributed by atoms with Crippen molar-refractivity contribution in [2.24, 2.45) is 0 Å². The van der Waals surface area contributed by atoms with Crippen LogP contribution >= 0.6 is 0 Å². The second-order valence-corrected chi connectivity index (χ2v) is 7.27. The van der Waals surface area contributed by atoms with E-state index in [2.05, 4.69) is 15.6 Å². The molecule has 2 aromatic carbocycles. The van der Waals surface area contributed by atoms with Gasteiger partial charge in [0.15, 0.2) is 0 Å². The normalized spacial score (nSPS) is 12.1. The van der Waals surface area contributed by atoms with E-state index in [4.69, 9.17) is 0 Å². The van der Waals surface area contributed by atoms with E-state index in [9.17, 15) is 26.4 Å². The molecule has 0 spiro atoms. The van der Waals surface area contributed by atoms with Crippen molar-refractivity contribution in [3.05, 3.63) is 54.7 Å². The van der Waals surface area contributed by atoms with E-state index in [0.717, 1.165) is 35.2 Å². The molecule has 1 aromatic heterocycles. The van der Waals surface area contributed by atoms with Crippen LogP contribution in [0.1, 0.15) is 0 Å². The van der Waals surface area contributed by atoms with Crippen molar-refractivity contribution in [3.8, 4) is 0 Å². The zero-order valence-electron chi connectivity index (χ0n) is 13.0. The highest BCUT2D eigenvalue weighted by atomic mass is 32.2. The minimum absolute atomic E-state index is 0.143. The van der Waals surface area contributed by atoms with Gasteiger partial charge in [0.2, 0.25) is 0 Å². The van der Waals surface area contributed by atoms with Crippen molar-refractivity contribution < 1.29 is 26.4 Å². The molecule has 10 heteroatoms. The summed E-state index contributed by atoms with van der Waals surface area (Å²) in [5.74, 6) is 0. The summed E-state index contributed by atoms with van der Waals surface area (Å²) in [7, 11) is -5.42. The SMILES string of the molecule is O=C(Nc1ccc(S(=O)(=O)C(F)(F)F)cc1)Nc1ccc2cc[nH]c2c1. The number of fused-ring (bicyclic) bond motifs is 1. The summed E-state index contributed by atoms with van der Waals surface area (Å²) in [5, 5.41) is 5.96. The highest BCUT2D eigenvalue weighted by Crippen LogP contribution is 2.30. The van der Waals surface area contributed by atoms with Crippen LogP contribution in [0, 0.1) is 0 Å². The van der Waals surface area contributed by atoms with E-state index >= 15 is 0 Å². The number of hydrogen-bond acceptors (Lipinski definition) is 3. The van der Waals surface area contributed by atoms with Gasteiger partial charge in [-0.25, -0.2) is 13.2 Å². The summed E-state index contributed by atoms with van der Waals surface area (Å²) < 4.78 is 60.0. The van der Waals surface area contributed by atoms with E-state index in [-0.39, 0.29) is 5.69 Å². The van der Waals surface area contributed by atoms with E-state index in [1.54, 1.807) is 24.4 Å². The highest BCUT2D eigenvalue weighted by Gasteiger charge is 2.46. The number of alkyl halides is 3. The number of benzene rings is 2. The number of aromatic nitrogens is 1. The van der Waals surface area contributed by atoms with Crippen molar-refractivity contribution >= 4 is 38.1 Å². The minimum atomic E-state index is -5.42. The zero-order chi connectivity index (χ0) is 18.9. The Morgan fingerprint density at radius 1 is 0.923 bits per heavy atom. The number of sulfone groups is 1. The van der Waals surface area contributed by atoms with E-state index in [1.165, 1.54) is 0 Å². The fourth-order valence-electron chi connectivity index (χ4n) is 2.27. The Hall–Kier alpha value is -3.01. The number of carbonyl (C=O) groups is 1. The Bertz CT molecular complexity index is 1060. The molecule has 0 fully saturated rings. The Balaban J connectivity index is 1.69. The number of rotatable bonds is 3. The lowest BCUT2D eigenvalue weighted by Crippen LogP contribution is -2.23. The summed E-state index contributed by atoms with van der Waals surface area (Å²) in [6.07, 6.45) is 1.76. The van der Waals surface area contributed by atoms with Crippen molar-refractivity contribution in [1.29, 1.82) is 0 Å². The lowest BCUT2D eigenvalue weighted by atomic mass is 10.2. The van der Waals surface area contributed by atoms with Crippen LogP contribution in [0.4, 0.5) is 29.3 Å². The topological polar surface area (TPSA) is 91.1 Å². The van der Waals surface area contributed by atoms with Gasteiger partial charge in [0.05, 0.1) is 4.90 Å². The Morgan fingerprint density at radius 2 is 1.54 bits per heavy atom. The molecule has 0 unspecified atom stereocenters. The maximum absolute atomic E-state index is 12.5. The van der Waals surface area contributed by atoms with Gasteiger partial charge in [0.25, 0.3) is 9.84 Å². The van der Waals surface area contributed by atoms with Crippen LogP contribution in [0.15, 0.2) is 59.6 Å². The molecule has 136 valence electrons. The summed E-state index contributed by atoms with van der Waals surface area (Å²) in [6, 6.07) is 10.2. The highest BCUT2D eigenvalue weighted by molar-refractivity contribution is 7.92. The van der Waals surface area contributed by atoms with Gasteiger partial charge in [0.1, 0.15) is 0 Å². The second-order valence-electron chi connectivity index (χ2n) is 5.33. The van der Waals surface area contributed by atoms with Crippen LogP contribution in [-0.4, -0.2) is 24.9 Å². The van der Waals surface area contributed by atoms with E-state index < -0.39 is 26.3 Å². The summed E-state index contributed by atoms with van der Waals surface area (Å²) in [6.45, 7) is 0. The average molecular weight is 383 g/mol. The summed E-state index contributed by atoms with van der Waals surface area (Å²) >= 11 is 0. The molecule has 3 rings (SSSR count). The number of anilines is 2. The van der Waals surface area contributed by atoms with Crippen molar-refractivity contribution in [3.63, 3.8) is 0 Å². The van der Waals surface area contributed by atoms with Gasteiger partial charge < -0.3 is 15.6 Å². The monoisotopic (exact) mass is 383 g/mol. The van der Waals surface area contributed by atoms with Crippen molar-refractivity contribution in [2.75, 3.05) is 10.6 Å². The van der Waals surface area contributed by atoms with Crippen LogP contribution < -0.4 is 10.6 Å². The molecular formula is C16H12F3N3O3S. The molecule has 0 saturated carbocycles. The first-order valence-electron chi connectivity index (χ1n) is 7.23. The molecular weight excluding hydrogens is 371 g/mol. The van der Waals surface area contributed by atoms with Crippen LogP contribution in [0.3, 0.4) is 0 Å². The molecule has 0 bridgehead atoms. The van der Waals surface area contributed by atoms with Crippen LogP contribution in [0.25, 0.3) is 10.9 Å². The number of nitrogens with one attached hydrogen (secondary N) is 3. The molecule has 0 atom stereocenters. The lowest BCUT2D eigenvalue weighted by molar-refractivity contribution is -0.0436. The first-order valence-corrected chi connectivity index (χ1v) is 8.72. The van der Waals surface area contributed by atoms with Crippen LogP contribution in [0.2, 0.25) is 0 Å². The van der Waals surface area contributed by atoms with Gasteiger partial charge in [-0.1, -0.05) is 6.07 Å². The number of H-pyrrole nitrogens is 1. The second kappa shape index (κ2) is 6.37. The Kier molecular flexibility index (Phi) is 4.36. The molecule has 6 nitrogen and oxygen atoms in total. The number of hydrogen-bond donors (Lipinski definition) is 3. The largest absolute Gasteiger partial charge is 0.501 e. The first kappa shape index (κ1) is 17.8. The predicted octanol–water partition coefficient (Wildman–Crippen LogP) is 4.11. The number of aromatic amines is 1. The van der Waals surface area contributed by atoms with Crippen molar-refractivity contribution in [2.45, 2.75) is 10.4 Å². The molecule has 0 saturated heterocycles. The standard InChI is InChI=1S/C16H12F3N3O3S/c17-16(18,19)26(24,25)13-5-3-11(4-6-13)21-15(23)22-12-2-1-10-7-8-20-14(10)9-12/h1-9,20H,(H2,21,22,23). The molecule has 0 aliphatic rings. The van der Waals surface area contributed by atoms with Crippen LogP contribution in [0.5, 0.6) is 0 Å². The van der Waals surface area contributed by atoms with E-state index in [0.29, 0.717) is 5.69 Å². The number of halogens is 3. The molecule has 3 N–H and O–H groups in total. The summed E-state index contributed by atoms with van der Waals surface area (Å²) in [5.41, 5.74) is -3.90. The van der Waals surface area contributed by atoms with Crippen molar-refractivity contribution in [1.82, 2.24) is 4.98 Å². The molecule has 26 heavy (non-hydrogen) atoms. The molecule has 0 aliphatic heterocycles. The summed E-state index contributed by atoms with van der Waals surface area (Å²) in [4.78, 5) is 14.1. The fourth-order valence-corrected chi connectivity index (χ4v) is 3.03. The minimum Gasteiger partial charge on any atom is -0.361 e. The molecule has 0 aliphatic carbocycles. The van der Waals surface area contributed by atoms with Gasteiger partial charge in [-0.05, 0) is 47.9 Å². The Labute approximate surface area is 145 Å². The first-order chi connectivity index (χ1) is 12.2. The number of urea groups is 1. The van der Waals surface area contributed by atoms with E-state index in [1.807, 2.05) is 6.07 Å². The van der Waals surface area contributed by atoms with Gasteiger partial charge in [-0.2, -0.15) is 13.2 Å². The maximum atomic E-state index is 12.5. The van der Waals surface area contributed by atoms with Gasteiger partial charge in [-0.3, -0.25) is 0 Å². The quantitative estimate of drug-likeness (QED) is 0.636. The number of carbonyl (C=O) groups excluding carboxylic acids is 1. The fraction of sp³-hybridized carbons (Fsp3) is 0.0625. The smallest absolute Gasteiger partial charge is 0.361 e. The third kappa shape index (κ3) is 3.49. The third-order valence-electron chi connectivity index (χ3n) is 3.54. The maximum Gasteiger partial charge on any atom is 0.501 e. The number of amides is 2.